The van der Waals surface area contributed by atoms with Crippen LogP contribution in [0.1, 0.15) is 76.6 Å². The molecule has 2 heterocycles. The van der Waals surface area contributed by atoms with Gasteiger partial charge in [-0.1, -0.05) is 18.2 Å². The van der Waals surface area contributed by atoms with Crippen LogP contribution in [0.4, 0.5) is 10.6 Å². The molecule has 1 saturated carbocycles. The van der Waals surface area contributed by atoms with E-state index in [9.17, 15) is 14.4 Å². The maximum absolute atomic E-state index is 13.4. The van der Waals surface area contributed by atoms with E-state index < -0.39 is 5.60 Å². The van der Waals surface area contributed by atoms with Crippen LogP contribution in [0.3, 0.4) is 0 Å². The predicted molar refractivity (Wildman–Crippen MR) is 157 cm³/mol. The minimum Gasteiger partial charge on any atom is -0.444 e. The fraction of sp³-hybridized carbons (Fsp3) is 0.613. The van der Waals surface area contributed by atoms with Gasteiger partial charge in [-0.15, -0.1) is 0 Å². The number of carbonyl (C=O) groups is 3. The van der Waals surface area contributed by atoms with E-state index in [0.717, 1.165) is 68.3 Å². The zero-order valence-electron chi connectivity index (χ0n) is 24.4. The van der Waals surface area contributed by atoms with Crippen molar-refractivity contribution in [1.82, 2.24) is 20.9 Å². The lowest BCUT2D eigenvalue weighted by molar-refractivity contribution is -0.119. The van der Waals surface area contributed by atoms with Gasteiger partial charge < -0.3 is 25.6 Å². The Hall–Kier alpha value is -3.36. The molecule has 4 rings (SSSR count). The van der Waals surface area contributed by atoms with E-state index in [1.807, 2.05) is 51.1 Å². The van der Waals surface area contributed by atoms with Crippen molar-refractivity contribution in [3.63, 3.8) is 0 Å². The van der Waals surface area contributed by atoms with Gasteiger partial charge >= 0.3 is 6.09 Å². The summed E-state index contributed by atoms with van der Waals surface area (Å²) in [5.41, 5.74) is 0.992. The quantitative estimate of drug-likeness (QED) is 0.440. The van der Waals surface area contributed by atoms with Crippen molar-refractivity contribution in [2.75, 3.05) is 37.6 Å². The summed E-state index contributed by atoms with van der Waals surface area (Å²) < 4.78 is 5.34. The summed E-state index contributed by atoms with van der Waals surface area (Å²) in [4.78, 5) is 43.8. The zero-order valence-corrected chi connectivity index (χ0v) is 24.4. The van der Waals surface area contributed by atoms with Gasteiger partial charge in [-0.3, -0.25) is 9.59 Å². The van der Waals surface area contributed by atoms with E-state index in [-0.39, 0.29) is 17.9 Å². The first-order valence-electron chi connectivity index (χ1n) is 14.7. The predicted octanol–water partition coefficient (Wildman–Crippen LogP) is 4.65. The first kappa shape index (κ1) is 29.6. The summed E-state index contributed by atoms with van der Waals surface area (Å²) >= 11 is 0. The second kappa shape index (κ2) is 13.3. The van der Waals surface area contributed by atoms with Crippen LogP contribution in [-0.4, -0.2) is 61.2 Å². The molecule has 1 aliphatic heterocycles. The Morgan fingerprint density at radius 3 is 2.08 bits per heavy atom. The van der Waals surface area contributed by atoms with Crippen LogP contribution in [0.5, 0.6) is 0 Å². The number of fused-ring (bicyclic) bond motifs is 1. The first-order chi connectivity index (χ1) is 19.1. The molecular formula is C31H45N5O4. The highest BCUT2D eigenvalue weighted by Gasteiger charge is 2.25. The SMILES string of the molecule is CC(=O)NCC1CCN(c2cc(C(=O)NCC3CCC(CNC(=O)OC(C)(C)C)CC3)c3ccccc3n2)CC1. The van der Waals surface area contributed by atoms with Gasteiger partial charge in [0.05, 0.1) is 11.1 Å². The molecule has 0 spiro atoms. The zero-order chi connectivity index (χ0) is 28.7. The van der Waals surface area contributed by atoms with Crippen molar-refractivity contribution in [3.05, 3.63) is 35.9 Å². The average Bonchev–Trinajstić information content (AvgIpc) is 2.93. The minimum atomic E-state index is -0.494. The molecule has 0 atom stereocenters. The number of para-hydroxylation sites is 1. The highest BCUT2D eigenvalue weighted by Crippen LogP contribution is 2.29. The summed E-state index contributed by atoms with van der Waals surface area (Å²) in [6.45, 7) is 10.8. The fourth-order valence-corrected chi connectivity index (χ4v) is 5.68. The van der Waals surface area contributed by atoms with Crippen LogP contribution in [0.25, 0.3) is 10.9 Å². The maximum Gasteiger partial charge on any atom is 0.407 e. The Labute approximate surface area is 237 Å². The number of anilines is 1. The van der Waals surface area contributed by atoms with Crippen LogP contribution >= 0.6 is 0 Å². The molecule has 2 aliphatic rings. The van der Waals surface area contributed by atoms with Gasteiger partial charge in [-0.25, -0.2) is 9.78 Å². The monoisotopic (exact) mass is 551 g/mol. The lowest BCUT2D eigenvalue weighted by atomic mass is 9.82. The first-order valence-corrected chi connectivity index (χ1v) is 14.7. The molecule has 3 amide bonds. The number of alkyl carbamates (subject to hydrolysis) is 1. The van der Waals surface area contributed by atoms with Crippen LogP contribution in [0, 0.1) is 17.8 Å². The van der Waals surface area contributed by atoms with Crippen molar-refractivity contribution >= 4 is 34.6 Å². The van der Waals surface area contributed by atoms with Gasteiger partial charge in [0.2, 0.25) is 5.91 Å². The second-order valence-corrected chi connectivity index (χ2v) is 12.4. The smallest absolute Gasteiger partial charge is 0.407 e. The number of aromatic nitrogens is 1. The number of ether oxygens (including phenoxy) is 1. The number of amides is 3. The van der Waals surface area contributed by atoms with Crippen molar-refractivity contribution in [1.29, 1.82) is 0 Å². The maximum atomic E-state index is 13.4. The third-order valence-corrected chi connectivity index (χ3v) is 7.98. The highest BCUT2D eigenvalue weighted by atomic mass is 16.6. The number of benzene rings is 1. The molecule has 2 fully saturated rings. The molecular weight excluding hydrogens is 506 g/mol. The average molecular weight is 552 g/mol. The molecule has 0 bridgehead atoms. The van der Waals surface area contributed by atoms with Crippen molar-refractivity contribution in [2.45, 2.75) is 71.8 Å². The number of piperidine rings is 1. The van der Waals surface area contributed by atoms with Crippen LogP contribution in [0.2, 0.25) is 0 Å². The molecule has 1 aromatic heterocycles. The van der Waals surface area contributed by atoms with E-state index >= 15 is 0 Å². The number of rotatable bonds is 8. The minimum absolute atomic E-state index is 0.0116. The number of hydrogen-bond donors (Lipinski definition) is 3. The Morgan fingerprint density at radius 2 is 1.45 bits per heavy atom. The van der Waals surface area contributed by atoms with Gasteiger partial charge in [0.25, 0.3) is 5.91 Å². The van der Waals surface area contributed by atoms with Crippen molar-refractivity contribution in [2.24, 2.45) is 17.8 Å². The molecule has 0 unspecified atom stereocenters. The normalized spacial score (nSPS) is 20.1. The van der Waals surface area contributed by atoms with E-state index in [4.69, 9.17) is 9.72 Å². The van der Waals surface area contributed by atoms with Gasteiger partial charge in [-0.2, -0.15) is 0 Å². The lowest BCUT2D eigenvalue weighted by Crippen LogP contribution is -2.39. The third-order valence-electron chi connectivity index (χ3n) is 7.98. The number of hydrogen-bond acceptors (Lipinski definition) is 6. The largest absolute Gasteiger partial charge is 0.444 e. The van der Waals surface area contributed by atoms with Crippen LogP contribution in [-0.2, 0) is 9.53 Å². The number of nitrogens with zero attached hydrogens (tertiary/aromatic N) is 2. The van der Waals surface area contributed by atoms with E-state index in [0.29, 0.717) is 43.0 Å². The van der Waals surface area contributed by atoms with Gasteiger partial charge in [0.1, 0.15) is 11.4 Å². The highest BCUT2D eigenvalue weighted by molar-refractivity contribution is 6.07. The topological polar surface area (TPSA) is 113 Å². The standard InChI is InChI=1S/C31H45N5O4/c1-21(37)32-18-24-13-15-36(16-14-24)28-17-26(25-7-5-6-8-27(25)35-28)29(38)33-19-22-9-11-23(12-10-22)20-34-30(39)40-31(2,3)4/h5-8,17,22-24H,9-16,18-20H2,1-4H3,(H,32,37)(H,33,38)(H,34,39). The number of carbonyl (C=O) groups excluding carboxylic acids is 3. The molecule has 0 radical (unpaired) electrons. The lowest BCUT2D eigenvalue weighted by Gasteiger charge is -2.33. The third kappa shape index (κ3) is 8.57. The molecule has 2 aromatic rings. The molecule has 1 saturated heterocycles. The number of pyridine rings is 1. The van der Waals surface area contributed by atoms with Crippen LogP contribution < -0.4 is 20.9 Å². The Bertz CT molecular complexity index is 1180. The second-order valence-electron chi connectivity index (χ2n) is 12.4. The summed E-state index contributed by atoms with van der Waals surface area (Å²) in [5, 5.41) is 9.90. The van der Waals surface area contributed by atoms with E-state index in [2.05, 4.69) is 20.9 Å². The fourth-order valence-electron chi connectivity index (χ4n) is 5.68. The van der Waals surface area contributed by atoms with E-state index in [1.165, 1.54) is 0 Å². The molecule has 218 valence electrons. The molecule has 9 heteroatoms. The Kier molecular flexibility index (Phi) is 9.87. The molecule has 3 N–H and O–H groups in total. The van der Waals surface area contributed by atoms with Crippen molar-refractivity contribution < 1.29 is 19.1 Å². The van der Waals surface area contributed by atoms with Crippen LogP contribution in [0.15, 0.2) is 30.3 Å². The summed E-state index contributed by atoms with van der Waals surface area (Å²) in [5.74, 6) is 2.11. The van der Waals surface area contributed by atoms with Gasteiger partial charge in [-0.05, 0) is 89.2 Å². The molecule has 40 heavy (non-hydrogen) atoms. The van der Waals surface area contributed by atoms with Gasteiger partial charge in [0, 0.05) is 45.0 Å². The Balaban J connectivity index is 1.30. The molecule has 9 nitrogen and oxygen atoms in total. The summed E-state index contributed by atoms with van der Waals surface area (Å²) in [6.07, 6.45) is 5.69. The summed E-state index contributed by atoms with van der Waals surface area (Å²) in [6, 6.07) is 9.76. The van der Waals surface area contributed by atoms with Gasteiger partial charge in [0.15, 0.2) is 0 Å². The molecule has 1 aromatic carbocycles. The Morgan fingerprint density at radius 1 is 0.875 bits per heavy atom. The van der Waals surface area contributed by atoms with Crippen molar-refractivity contribution in [3.8, 4) is 0 Å². The van der Waals surface area contributed by atoms with E-state index in [1.54, 1.807) is 6.92 Å². The molecule has 1 aliphatic carbocycles. The summed E-state index contributed by atoms with van der Waals surface area (Å²) in [7, 11) is 0. The number of nitrogens with one attached hydrogen (secondary N) is 3.